The van der Waals surface area contributed by atoms with E-state index in [-0.39, 0.29) is 23.0 Å². The van der Waals surface area contributed by atoms with Gasteiger partial charge in [0.1, 0.15) is 18.3 Å². The van der Waals surface area contributed by atoms with Crippen LogP contribution in [0.3, 0.4) is 0 Å². The van der Waals surface area contributed by atoms with Crippen molar-refractivity contribution in [2.45, 2.75) is 95.6 Å². The van der Waals surface area contributed by atoms with Gasteiger partial charge in [-0.25, -0.2) is 0 Å². The van der Waals surface area contributed by atoms with Gasteiger partial charge in [0.25, 0.3) is 0 Å². The van der Waals surface area contributed by atoms with Crippen molar-refractivity contribution in [3.05, 3.63) is 35.9 Å². The maximum atomic E-state index is 12.7. The van der Waals surface area contributed by atoms with E-state index in [1.807, 2.05) is 30.3 Å². The summed E-state index contributed by atoms with van der Waals surface area (Å²) in [6, 6.07) is 10.0. The Morgan fingerprint density at radius 3 is 2.47 bits per heavy atom. The molecule has 0 saturated carbocycles. The number of carbonyl (C=O) groups excluding carboxylic acids is 1. The van der Waals surface area contributed by atoms with Crippen molar-refractivity contribution in [3.8, 4) is 0 Å². The van der Waals surface area contributed by atoms with Gasteiger partial charge < -0.3 is 18.6 Å². The van der Waals surface area contributed by atoms with Crippen LogP contribution in [0.5, 0.6) is 0 Å². The summed E-state index contributed by atoms with van der Waals surface area (Å²) in [7, 11) is -1.99. The maximum absolute atomic E-state index is 12.7. The predicted molar refractivity (Wildman–Crippen MR) is 120 cm³/mol. The molecule has 0 radical (unpaired) electrons. The van der Waals surface area contributed by atoms with Crippen LogP contribution in [0.1, 0.15) is 52.0 Å². The minimum Gasteiger partial charge on any atom is -0.411 e. The van der Waals surface area contributed by atoms with Gasteiger partial charge in [-0.2, -0.15) is 0 Å². The minimum atomic E-state index is -1.99. The Kier molecular flexibility index (Phi) is 7.90. The van der Waals surface area contributed by atoms with E-state index in [4.69, 9.17) is 18.6 Å². The molecular formula is C24H38O5Si. The van der Waals surface area contributed by atoms with Crippen LogP contribution >= 0.6 is 0 Å². The number of hydrogen-bond acceptors (Lipinski definition) is 5. The second-order valence-electron chi connectivity index (χ2n) is 10.0. The first kappa shape index (κ1) is 23.6. The molecular weight excluding hydrogens is 396 g/mol. The van der Waals surface area contributed by atoms with E-state index in [1.165, 1.54) is 0 Å². The van der Waals surface area contributed by atoms with Crippen LogP contribution < -0.4 is 0 Å². The molecule has 2 heterocycles. The van der Waals surface area contributed by atoms with E-state index in [0.717, 1.165) is 24.8 Å². The van der Waals surface area contributed by atoms with E-state index in [1.54, 1.807) is 0 Å². The summed E-state index contributed by atoms with van der Waals surface area (Å²) in [4.78, 5) is 12.7. The monoisotopic (exact) mass is 434 g/mol. The largest absolute Gasteiger partial charge is 0.411 e. The first-order valence-corrected chi connectivity index (χ1v) is 14.2. The molecule has 168 valence electrons. The van der Waals surface area contributed by atoms with Gasteiger partial charge in [-0.15, -0.1) is 0 Å². The Hall–Kier alpha value is -1.05. The summed E-state index contributed by atoms with van der Waals surface area (Å²) in [6.07, 6.45) is 1.75. The normalized spacial score (nSPS) is 27.1. The Bertz CT molecular complexity index is 685. The lowest BCUT2D eigenvalue weighted by atomic mass is 9.93. The highest BCUT2D eigenvalue weighted by atomic mass is 28.4. The van der Waals surface area contributed by atoms with Gasteiger partial charge in [0, 0.05) is 19.6 Å². The van der Waals surface area contributed by atoms with Gasteiger partial charge in [-0.1, -0.05) is 51.1 Å². The Labute approximate surface area is 182 Å². The van der Waals surface area contributed by atoms with E-state index in [9.17, 15) is 4.79 Å². The van der Waals surface area contributed by atoms with Gasteiger partial charge in [0.15, 0.2) is 14.1 Å². The SMILES string of the molecule is CC(C)(C)[Si](C)(C)O[C@H]1CCCO[C@@H]1[C@H](OCc1ccccc1)[C@@H]1OCCCC1=O. The van der Waals surface area contributed by atoms with Crippen molar-refractivity contribution in [3.63, 3.8) is 0 Å². The molecule has 5 nitrogen and oxygen atoms in total. The average molecular weight is 435 g/mol. The van der Waals surface area contributed by atoms with E-state index in [0.29, 0.717) is 26.2 Å². The number of Topliss-reactive ketones (excluding diaryl/α,β-unsaturated/α-hetero) is 1. The highest BCUT2D eigenvalue weighted by Gasteiger charge is 2.47. The zero-order valence-electron chi connectivity index (χ0n) is 19.2. The summed E-state index contributed by atoms with van der Waals surface area (Å²) in [5.74, 6) is 0.111. The molecule has 2 aliphatic rings. The Balaban J connectivity index is 1.82. The third-order valence-corrected chi connectivity index (χ3v) is 11.2. The van der Waals surface area contributed by atoms with Crippen LogP contribution in [0.25, 0.3) is 0 Å². The van der Waals surface area contributed by atoms with Crippen LogP contribution in [0, 0.1) is 0 Å². The number of rotatable bonds is 7. The fourth-order valence-corrected chi connectivity index (χ4v) is 5.22. The van der Waals surface area contributed by atoms with Gasteiger partial charge in [-0.05, 0) is 43.0 Å². The number of benzene rings is 1. The summed E-state index contributed by atoms with van der Waals surface area (Å²) in [5.41, 5.74) is 1.07. The molecule has 0 amide bonds. The molecule has 2 fully saturated rings. The molecule has 3 rings (SSSR count). The van der Waals surface area contributed by atoms with Crippen molar-refractivity contribution < 1.29 is 23.4 Å². The topological polar surface area (TPSA) is 54.0 Å². The molecule has 1 aromatic carbocycles. The molecule has 0 bridgehead atoms. The number of ketones is 1. The highest BCUT2D eigenvalue weighted by molar-refractivity contribution is 6.74. The van der Waals surface area contributed by atoms with Crippen molar-refractivity contribution in [1.82, 2.24) is 0 Å². The lowest BCUT2D eigenvalue weighted by Crippen LogP contribution is -2.57. The van der Waals surface area contributed by atoms with Crippen LogP contribution in [0.15, 0.2) is 30.3 Å². The van der Waals surface area contributed by atoms with Crippen LogP contribution in [0.2, 0.25) is 18.1 Å². The highest BCUT2D eigenvalue weighted by Crippen LogP contribution is 2.39. The standard InChI is InChI=1S/C24H38O5Si/c1-24(2,3)30(4,5)29-20-14-10-16-27-22(20)23(21-19(25)13-9-15-26-21)28-17-18-11-7-6-8-12-18/h6-8,11-12,20-23H,9-10,13-17H2,1-5H3/t20-,21+,22-,23+/m0/s1. The fraction of sp³-hybridized carbons (Fsp3) is 0.708. The number of carbonyl (C=O) groups is 1. The molecule has 2 saturated heterocycles. The molecule has 6 heteroatoms. The third kappa shape index (κ3) is 5.80. The molecule has 0 N–H and O–H groups in total. The molecule has 2 aliphatic heterocycles. The third-order valence-electron chi connectivity index (χ3n) is 6.65. The molecule has 1 aromatic rings. The number of hydrogen-bond donors (Lipinski definition) is 0. The summed E-state index contributed by atoms with van der Waals surface area (Å²) < 4.78 is 25.3. The lowest BCUT2D eigenvalue weighted by molar-refractivity contribution is -0.192. The second-order valence-corrected chi connectivity index (χ2v) is 14.8. The lowest BCUT2D eigenvalue weighted by Gasteiger charge is -2.45. The minimum absolute atomic E-state index is 0.0845. The van der Waals surface area contributed by atoms with E-state index < -0.39 is 20.5 Å². The van der Waals surface area contributed by atoms with Gasteiger partial charge in [0.05, 0.1) is 12.7 Å². The first-order valence-electron chi connectivity index (χ1n) is 11.3. The molecule has 0 spiro atoms. The first-order chi connectivity index (χ1) is 14.2. The van der Waals surface area contributed by atoms with Crippen molar-refractivity contribution in [2.75, 3.05) is 13.2 Å². The Morgan fingerprint density at radius 2 is 1.80 bits per heavy atom. The fourth-order valence-electron chi connectivity index (χ4n) is 3.85. The molecule has 0 aromatic heterocycles. The van der Waals surface area contributed by atoms with Gasteiger partial charge >= 0.3 is 0 Å². The van der Waals surface area contributed by atoms with Gasteiger partial charge in [-0.3, -0.25) is 4.79 Å². The zero-order valence-corrected chi connectivity index (χ0v) is 20.2. The van der Waals surface area contributed by atoms with Crippen LogP contribution in [-0.4, -0.2) is 51.7 Å². The summed E-state index contributed by atoms with van der Waals surface area (Å²) >= 11 is 0. The molecule has 0 unspecified atom stereocenters. The van der Waals surface area contributed by atoms with E-state index >= 15 is 0 Å². The summed E-state index contributed by atoms with van der Waals surface area (Å²) in [5, 5.41) is 0.104. The maximum Gasteiger partial charge on any atom is 0.192 e. The Morgan fingerprint density at radius 1 is 1.10 bits per heavy atom. The zero-order chi connectivity index (χ0) is 21.8. The summed E-state index contributed by atoms with van der Waals surface area (Å²) in [6.45, 7) is 12.9. The van der Waals surface area contributed by atoms with Crippen molar-refractivity contribution >= 4 is 14.1 Å². The van der Waals surface area contributed by atoms with Gasteiger partial charge in [0.2, 0.25) is 0 Å². The van der Waals surface area contributed by atoms with Crippen molar-refractivity contribution in [1.29, 1.82) is 0 Å². The average Bonchev–Trinajstić information content (AvgIpc) is 2.70. The predicted octanol–water partition coefficient (Wildman–Crippen LogP) is 4.89. The van der Waals surface area contributed by atoms with Crippen LogP contribution in [-0.2, 0) is 30.0 Å². The molecule has 30 heavy (non-hydrogen) atoms. The second kappa shape index (κ2) is 10.0. The number of ether oxygens (including phenoxy) is 3. The quantitative estimate of drug-likeness (QED) is 0.572. The molecule has 0 aliphatic carbocycles. The molecule has 4 atom stereocenters. The smallest absolute Gasteiger partial charge is 0.192 e. The van der Waals surface area contributed by atoms with Crippen molar-refractivity contribution in [2.24, 2.45) is 0 Å². The van der Waals surface area contributed by atoms with Crippen LogP contribution in [0.4, 0.5) is 0 Å². The van der Waals surface area contributed by atoms with E-state index in [2.05, 4.69) is 33.9 Å².